The number of phenols is 1. The molecule has 1 aromatic carbocycles. The first-order valence-electron chi connectivity index (χ1n) is 28.5. The molecule has 0 spiro atoms. The fraction of sp³-hybridized carbons (Fsp3) is 0.593. The highest BCUT2D eigenvalue weighted by atomic mass is 32.2. The molecule has 0 aromatic heterocycles. The third kappa shape index (κ3) is 31.5. The van der Waals surface area contributed by atoms with Crippen LogP contribution in [0.1, 0.15) is 99.0 Å². The van der Waals surface area contributed by atoms with Crippen molar-refractivity contribution >= 4 is 106 Å². The number of primary amides is 1. The molecule has 13 amide bonds. The maximum atomic E-state index is 13.6. The van der Waals surface area contributed by atoms with Crippen molar-refractivity contribution in [1.29, 1.82) is 5.41 Å². The summed E-state index contributed by atoms with van der Waals surface area (Å²) in [5, 5.41) is 66.9. The van der Waals surface area contributed by atoms with Crippen LogP contribution in [0.15, 0.2) is 24.3 Å². The first kappa shape index (κ1) is 78.7. The van der Waals surface area contributed by atoms with E-state index in [1.54, 1.807) is 20.1 Å². The van der Waals surface area contributed by atoms with Gasteiger partial charge in [0.25, 0.3) is 0 Å². The molecular formula is C54H87N17O18S. The lowest BCUT2D eigenvalue weighted by molar-refractivity contribution is -0.142. The average Bonchev–Trinajstić information content (AvgIpc) is 2.40. The molecule has 0 aliphatic heterocycles. The third-order valence-electron chi connectivity index (χ3n) is 12.8. The van der Waals surface area contributed by atoms with Crippen LogP contribution in [-0.4, -0.2) is 208 Å². The number of hydrogen-bond acceptors (Lipinski definition) is 19. The highest BCUT2D eigenvalue weighted by Gasteiger charge is 2.34. The lowest BCUT2D eigenvalue weighted by atomic mass is 10.0. The van der Waals surface area contributed by atoms with E-state index < -0.39 is 188 Å². The predicted octanol–water partition coefficient (Wildman–Crippen LogP) is -6.67. The second-order valence-corrected chi connectivity index (χ2v) is 22.3. The Morgan fingerprint density at radius 3 is 1.43 bits per heavy atom. The van der Waals surface area contributed by atoms with Crippen LogP contribution in [0, 0.1) is 11.3 Å². The summed E-state index contributed by atoms with van der Waals surface area (Å²) in [6, 6.07) is -9.56. The maximum absolute atomic E-state index is 13.6. The lowest BCUT2D eigenvalue weighted by Gasteiger charge is -2.26. The summed E-state index contributed by atoms with van der Waals surface area (Å²) < 4.78 is 0. The average molecular weight is 1290 g/mol. The van der Waals surface area contributed by atoms with E-state index in [-0.39, 0.29) is 56.3 Å². The molecule has 0 aliphatic carbocycles. The topological polar surface area (TPSA) is 575 Å². The van der Waals surface area contributed by atoms with Crippen molar-refractivity contribution in [2.24, 2.45) is 23.1 Å². The summed E-state index contributed by atoms with van der Waals surface area (Å²) in [6.07, 6.45) is -0.0775. The number of aliphatic carboxylic acids is 2. The second kappa shape index (κ2) is 40.2. The quantitative estimate of drug-likeness (QED) is 0.0165. The minimum Gasteiger partial charge on any atom is -0.508 e. The normalized spacial score (nSPS) is 14.5. The SMILES string of the molecule is CSCC[C@H](NC(=O)[C@H](Cc1ccc(O)cc1)NC(=O)[C@H](C)N)C(=O)N[C@@H](C)C(=O)N[C@@H](C)C(=O)N[C@@H](CC(=O)O)C(=O)N[C@@H](CCC(N)=O)C(=O)N[C@@H](C)C(=O)N[C@@H](C)C(=O)NCC(=O)NCC(=O)N[C@@H](CC(C)C)C(=O)N[C@@H](CCCNC(=N)N)C(=O)O. The number of carbonyl (C=O) groups is 15. The summed E-state index contributed by atoms with van der Waals surface area (Å²) in [6.45, 7) is 8.49. The molecule has 1 aromatic rings. The van der Waals surface area contributed by atoms with Crippen molar-refractivity contribution < 1.29 is 87.2 Å². The van der Waals surface area contributed by atoms with Crippen molar-refractivity contribution in [3.8, 4) is 5.75 Å². The number of nitrogens with one attached hydrogen (secondary N) is 14. The van der Waals surface area contributed by atoms with E-state index >= 15 is 0 Å². The van der Waals surface area contributed by atoms with Gasteiger partial charge in [-0.05, 0) is 102 Å². The molecule has 1 rings (SSSR count). The van der Waals surface area contributed by atoms with Gasteiger partial charge >= 0.3 is 11.9 Å². The Bertz CT molecular complexity index is 2720. The monoisotopic (exact) mass is 1290 g/mol. The molecule has 0 radical (unpaired) electrons. The Hall–Kier alpha value is -9.35. The Kier molecular flexibility index (Phi) is 35.2. The molecule has 35 nitrogen and oxygen atoms in total. The molecule has 11 atom stereocenters. The number of aromatic hydroxyl groups is 1. The molecular weight excluding hydrogens is 1210 g/mol. The maximum Gasteiger partial charge on any atom is 0.326 e. The fourth-order valence-electron chi connectivity index (χ4n) is 7.80. The van der Waals surface area contributed by atoms with Gasteiger partial charge in [0.1, 0.15) is 66.2 Å². The molecule has 36 heteroatoms. The van der Waals surface area contributed by atoms with Crippen LogP contribution >= 0.6 is 11.8 Å². The zero-order valence-corrected chi connectivity index (χ0v) is 52.1. The van der Waals surface area contributed by atoms with Crippen molar-refractivity contribution in [2.45, 2.75) is 166 Å². The fourth-order valence-corrected chi connectivity index (χ4v) is 8.27. The predicted molar refractivity (Wildman–Crippen MR) is 323 cm³/mol. The van der Waals surface area contributed by atoms with Crippen LogP contribution in [-0.2, 0) is 78.3 Å². The molecule has 0 fully saturated rings. The Balaban J connectivity index is 2.97. The summed E-state index contributed by atoms with van der Waals surface area (Å²) in [4.78, 5) is 194. The molecule has 0 saturated heterocycles. The molecule has 0 heterocycles. The van der Waals surface area contributed by atoms with Gasteiger partial charge in [-0.25, -0.2) is 4.79 Å². The van der Waals surface area contributed by atoms with E-state index in [0.717, 1.165) is 6.92 Å². The van der Waals surface area contributed by atoms with E-state index in [4.69, 9.17) is 22.6 Å². The number of benzene rings is 1. The first-order valence-corrected chi connectivity index (χ1v) is 29.8. The number of hydrogen-bond donors (Lipinski definition) is 20. The van der Waals surface area contributed by atoms with Crippen molar-refractivity contribution in [3.05, 3.63) is 29.8 Å². The smallest absolute Gasteiger partial charge is 0.326 e. The minimum atomic E-state index is -1.94. The summed E-state index contributed by atoms with van der Waals surface area (Å²) >= 11 is 1.34. The van der Waals surface area contributed by atoms with Crippen LogP contribution in [0.25, 0.3) is 0 Å². The number of nitrogens with two attached hydrogens (primary N) is 3. The number of carboxylic acids is 2. The van der Waals surface area contributed by atoms with Crippen LogP contribution in [0.2, 0.25) is 0 Å². The first-order chi connectivity index (χ1) is 42.0. The van der Waals surface area contributed by atoms with Crippen LogP contribution < -0.4 is 86.3 Å². The number of amides is 13. The summed E-state index contributed by atoms with van der Waals surface area (Å²) in [5.74, 6) is -15.2. The molecule has 0 bridgehead atoms. The van der Waals surface area contributed by atoms with Gasteiger partial charge in [0.15, 0.2) is 5.96 Å². The van der Waals surface area contributed by atoms with E-state index in [9.17, 15) is 87.2 Å². The molecule has 0 unspecified atom stereocenters. The van der Waals surface area contributed by atoms with Crippen LogP contribution in [0.5, 0.6) is 5.75 Å². The number of thioether (sulfide) groups is 1. The van der Waals surface area contributed by atoms with Gasteiger partial charge in [-0.1, -0.05) is 26.0 Å². The van der Waals surface area contributed by atoms with E-state index in [0.29, 0.717) is 11.3 Å². The van der Waals surface area contributed by atoms with E-state index in [1.807, 2.05) is 0 Å². The summed E-state index contributed by atoms with van der Waals surface area (Å²) in [7, 11) is 0. The van der Waals surface area contributed by atoms with Crippen molar-refractivity contribution in [1.82, 2.24) is 69.1 Å². The second-order valence-electron chi connectivity index (χ2n) is 21.3. The molecule has 0 aliphatic rings. The van der Waals surface area contributed by atoms with Gasteiger partial charge in [-0.2, -0.15) is 11.8 Å². The highest BCUT2D eigenvalue weighted by Crippen LogP contribution is 2.13. The zero-order chi connectivity index (χ0) is 68.5. The molecule has 23 N–H and O–H groups in total. The Labute approximate surface area is 523 Å². The lowest BCUT2D eigenvalue weighted by Crippen LogP contribution is -2.60. The number of guanidine groups is 1. The van der Waals surface area contributed by atoms with Gasteiger partial charge in [0.2, 0.25) is 76.8 Å². The Morgan fingerprint density at radius 1 is 0.500 bits per heavy atom. The number of phenolic OH excluding ortho intramolecular Hbond substituents is 1. The van der Waals surface area contributed by atoms with Crippen LogP contribution in [0.3, 0.4) is 0 Å². The zero-order valence-electron chi connectivity index (χ0n) is 51.3. The van der Waals surface area contributed by atoms with Crippen LogP contribution in [0.4, 0.5) is 0 Å². The minimum absolute atomic E-state index is 0.0251. The number of rotatable bonds is 41. The highest BCUT2D eigenvalue weighted by molar-refractivity contribution is 7.98. The third-order valence-corrected chi connectivity index (χ3v) is 13.5. The molecule has 0 saturated carbocycles. The van der Waals surface area contributed by atoms with Gasteiger partial charge in [-0.15, -0.1) is 0 Å². The largest absolute Gasteiger partial charge is 0.508 e. The van der Waals surface area contributed by atoms with E-state index in [2.05, 4.69) is 69.1 Å². The molecule has 502 valence electrons. The van der Waals surface area contributed by atoms with Gasteiger partial charge in [0, 0.05) is 19.4 Å². The van der Waals surface area contributed by atoms with Crippen molar-refractivity contribution in [3.63, 3.8) is 0 Å². The van der Waals surface area contributed by atoms with E-state index in [1.165, 1.54) is 63.7 Å². The standard InChI is InChI=1S/C54H87N17O18S/c1-25(2)20-36(50(85)69-35(53(88)89)10-9-18-59-54(57)58)66-41(75)24-60-40(74)23-61-44(79)27(4)62-45(80)28(5)64-48(83)33(15-16-39(56)73)67-52(87)38(22-42(76)77)71-47(82)30(7)63-46(81)29(6)65-49(84)34(17-19-90-8)68-51(86)37(70-43(78)26(3)55)21-31-11-13-32(72)14-12-31/h11-14,25-30,33-38,72H,9-10,15-24,55H2,1-8H3,(H2,56,73)(H,60,74)(H,61,79)(H,62,80)(H,63,81)(H,64,83)(H,65,84)(H,66,75)(H,67,87)(H,68,86)(H,69,85)(H,70,78)(H,71,82)(H,76,77)(H,88,89)(H4,57,58,59)/t26-,27-,28-,29-,30-,33-,34-,35-,36-,37-,38-/m0/s1. The van der Waals surface area contributed by atoms with Gasteiger partial charge < -0.3 is 102 Å². The number of carboxylic acid groups (broad SMARTS) is 2. The van der Waals surface area contributed by atoms with Gasteiger partial charge in [-0.3, -0.25) is 72.5 Å². The van der Waals surface area contributed by atoms with Gasteiger partial charge in [0.05, 0.1) is 25.6 Å². The van der Waals surface area contributed by atoms with Crippen molar-refractivity contribution in [2.75, 3.05) is 31.6 Å². The summed E-state index contributed by atoms with van der Waals surface area (Å²) in [5.41, 5.74) is 16.8. The molecule has 90 heavy (non-hydrogen) atoms. The number of carbonyl (C=O) groups excluding carboxylic acids is 13. The Morgan fingerprint density at radius 2 is 0.944 bits per heavy atom.